The first kappa shape index (κ1) is 13.0. The van der Waals surface area contributed by atoms with Crippen LogP contribution in [0.2, 0.25) is 0 Å². The molecular formula is C11H20N2O3. The Hall–Kier alpha value is -1.10. The van der Waals surface area contributed by atoms with Crippen LogP contribution in [0.1, 0.15) is 26.2 Å². The number of amides is 1. The summed E-state index contributed by atoms with van der Waals surface area (Å²) < 4.78 is 0. The molecule has 2 N–H and O–H groups in total. The summed E-state index contributed by atoms with van der Waals surface area (Å²) in [4.78, 5) is 24.1. The minimum atomic E-state index is -0.869. The number of hydrogen-bond acceptors (Lipinski definition) is 3. The van der Waals surface area contributed by atoms with Crippen molar-refractivity contribution in [3.8, 4) is 0 Å². The van der Waals surface area contributed by atoms with Crippen molar-refractivity contribution in [1.82, 2.24) is 10.2 Å². The fourth-order valence-corrected chi connectivity index (χ4v) is 2.06. The second-order valence-electron chi connectivity index (χ2n) is 4.71. The van der Waals surface area contributed by atoms with E-state index in [0.717, 1.165) is 19.4 Å². The lowest BCUT2D eigenvalue weighted by Crippen LogP contribution is -2.49. The van der Waals surface area contributed by atoms with Crippen molar-refractivity contribution < 1.29 is 14.7 Å². The van der Waals surface area contributed by atoms with Gasteiger partial charge in [-0.15, -0.1) is 0 Å². The fraction of sp³-hybridized carbons (Fsp3) is 0.818. The molecule has 1 heterocycles. The van der Waals surface area contributed by atoms with Gasteiger partial charge >= 0.3 is 5.97 Å². The van der Waals surface area contributed by atoms with Crippen LogP contribution in [0.15, 0.2) is 0 Å². The molecule has 1 fully saturated rings. The van der Waals surface area contributed by atoms with Crippen molar-refractivity contribution in [1.29, 1.82) is 0 Å². The van der Waals surface area contributed by atoms with E-state index in [9.17, 15) is 9.59 Å². The minimum absolute atomic E-state index is 0.00570. The van der Waals surface area contributed by atoms with Crippen molar-refractivity contribution in [3.05, 3.63) is 0 Å². The Labute approximate surface area is 95.8 Å². The Balaban J connectivity index is 2.51. The third-order valence-electron chi connectivity index (χ3n) is 3.12. The summed E-state index contributed by atoms with van der Waals surface area (Å²) in [5.41, 5.74) is -0.370. The molecule has 1 amide bonds. The summed E-state index contributed by atoms with van der Waals surface area (Å²) in [6.45, 7) is 3.87. The van der Waals surface area contributed by atoms with Gasteiger partial charge in [0.05, 0.1) is 11.8 Å². The lowest BCUT2D eigenvalue weighted by molar-refractivity contribution is -0.142. The molecule has 92 valence electrons. The summed E-state index contributed by atoms with van der Waals surface area (Å²) >= 11 is 0. The maximum absolute atomic E-state index is 12.1. The molecule has 0 bridgehead atoms. The van der Waals surface area contributed by atoms with E-state index in [2.05, 4.69) is 5.32 Å². The number of rotatable bonds is 4. The Bertz CT molecular complexity index is 272. The molecule has 0 aromatic rings. The summed E-state index contributed by atoms with van der Waals surface area (Å²) in [5.74, 6) is -0.826. The van der Waals surface area contributed by atoms with E-state index >= 15 is 0 Å². The van der Waals surface area contributed by atoms with Gasteiger partial charge in [0.1, 0.15) is 0 Å². The van der Waals surface area contributed by atoms with Crippen LogP contribution in [0.4, 0.5) is 0 Å². The van der Waals surface area contributed by atoms with Gasteiger partial charge in [0.2, 0.25) is 5.91 Å². The van der Waals surface area contributed by atoms with Gasteiger partial charge in [-0.3, -0.25) is 9.59 Å². The highest BCUT2D eigenvalue weighted by Gasteiger charge is 2.36. The van der Waals surface area contributed by atoms with E-state index < -0.39 is 5.97 Å². The topological polar surface area (TPSA) is 69.6 Å². The molecule has 16 heavy (non-hydrogen) atoms. The molecular weight excluding hydrogens is 208 g/mol. The van der Waals surface area contributed by atoms with Crippen LogP contribution < -0.4 is 5.32 Å². The number of aliphatic carboxylic acids is 1. The summed E-state index contributed by atoms with van der Waals surface area (Å²) in [6.07, 6.45) is 1.87. The third kappa shape index (κ3) is 3.20. The number of carboxylic acids is 1. The molecule has 0 radical (unpaired) electrons. The normalized spacial score (nSPS) is 25.1. The Morgan fingerprint density at radius 1 is 1.50 bits per heavy atom. The number of nitrogens with zero attached hydrogens (tertiary/aromatic N) is 1. The first-order chi connectivity index (χ1) is 7.46. The molecule has 0 aliphatic carbocycles. The first-order valence-corrected chi connectivity index (χ1v) is 5.64. The number of piperidine rings is 1. The number of carbonyl (C=O) groups excluding carboxylic acids is 1. The molecule has 0 spiro atoms. The SMILES string of the molecule is CN(CCC(=O)O)C(=O)C1(C)CCCNC1. The fourth-order valence-electron chi connectivity index (χ4n) is 2.06. The summed E-state index contributed by atoms with van der Waals surface area (Å²) in [6, 6.07) is 0. The van der Waals surface area contributed by atoms with Crippen LogP contribution in [0.5, 0.6) is 0 Å². The van der Waals surface area contributed by atoms with E-state index in [1.807, 2.05) is 6.92 Å². The van der Waals surface area contributed by atoms with Gasteiger partial charge < -0.3 is 15.3 Å². The molecule has 0 aromatic heterocycles. The van der Waals surface area contributed by atoms with E-state index in [-0.39, 0.29) is 24.3 Å². The van der Waals surface area contributed by atoms with Crippen molar-refractivity contribution in [2.75, 3.05) is 26.7 Å². The number of carboxylic acid groups (broad SMARTS) is 1. The predicted molar refractivity (Wildman–Crippen MR) is 60.1 cm³/mol. The summed E-state index contributed by atoms with van der Waals surface area (Å²) in [7, 11) is 1.67. The molecule has 1 aliphatic heterocycles. The molecule has 1 rings (SSSR count). The van der Waals surface area contributed by atoms with Gasteiger partial charge in [-0.2, -0.15) is 0 Å². The quantitative estimate of drug-likeness (QED) is 0.726. The van der Waals surface area contributed by atoms with E-state index in [0.29, 0.717) is 6.54 Å². The van der Waals surface area contributed by atoms with Crippen LogP contribution in [-0.2, 0) is 9.59 Å². The lowest BCUT2D eigenvalue weighted by atomic mass is 9.81. The summed E-state index contributed by atoms with van der Waals surface area (Å²) in [5, 5.41) is 11.8. The molecule has 0 saturated carbocycles. The van der Waals surface area contributed by atoms with Crippen LogP contribution in [0.25, 0.3) is 0 Å². The molecule has 1 saturated heterocycles. The molecule has 5 heteroatoms. The Kier molecular flexibility index (Phi) is 4.29. The lowest BCUT2D eigenvalue weighted by Gasteiger charge is -2.35. The molecule has 1 atom stereocenters. The van der Waals surface area contributed by atoms with Gasteiger partial charge in [-0.1, -0.05) is 0 Å². The largest absolute Gasteiger partial charge is 0.481 e. The molecule has 5 nitrogen and oxygen atoms in total. The zero-order valence-electron chi connectivity index (χ0n) is 9.95. The number of hydrogen-bond donors (Lipinski definition) is 2. The Morgan fingerprint density at radius 2 is 2.19 bits per heavy atom. The maximum atomic E-state index is 12.1. The smallest absolute Gasteiger partial charge is 0.305 e. The third-order valence-corrected chi connectivity index (χ3v) is 3.12. The van der Waals surface area contributed by atoms with Crippen molar-refractivity contribution in [2.24, 2.45) is 5.41 Å². The van der Waals surface area contributed by atoms with Crippen LogP contribution >= 0.6 is 0 Å². The molecule has 0 aromatic carbocycles. The van der Waals surface area contributed by atoms with Crippen LogP contribution in [0, 0.1) is 5.41 Å². The van der Waals surface area contributed by atoms with E-state index in [1.54, 1.807) is 7.05 Å². The monoisotopic (exact) mass is 228 g/mol. The highest BCUT2D eigenvalue weighted by Crippen LogP contribution is 2.27. The average molecular weight is 228 g/mol. The van der Waals surface area contributed by atoms with Crippen molar-refractivity contribution in [2.45, 2.75) is 26.2 Å². The van der Waals surface area contributed by atoms with Crippen LogP contribution in [0.3, 0.4) is 0 Å². The van der Waals surface area contributed by atoms with Crippen molar-refractivity contribution in [3.63, 3.8) is 0 Å². The zero-order valence-corrected chi connectivity index (χ0v) is 9.95. The highest BCUT2D eigenvalue weighted by atomic mass is 16.4. The average Bonchev–Trinajstić information content (AvgIpc) is 2.25. The van der Waals surface area contributed by atoms with Gasteiger partial charge in [0.15, 0.2) is 0 Å². The number of nitrogens with one attached hydrogen (secondary N) is 1. The number of carbonyl (C=O) groups is 2. The maximum Gasteiger partial charge on any atom is 0.305 e. The van der Waals surface area contributed by atoms with Gasteiger partial charge in [0, 0.05) is 20.1 Å². The Morgan fingerprint density at radius 3 is 2.69 bits per heavy atom. The first-order valence-electron chi connectivity index (χ1n) is 5.64. The minimum Gasteiger partial charge on any atom is -0.481 e. The standard InChI is InChI=1S/C11H20N2O3/c1-11(5-3-6-12-8-11)10(16)13(2)7-4-9(14)15/h12H,3-8H2,1-2H3,(H,14,15). The predicted octanol–water partition coefficient (Wildman–Crippen LogP) is 0.309. The molecule has 1 aliphatic rings. The van der Waals surface area contributed by atoms with Gasteiger partial charge in [-0.25, -0.2) is 0 Å². The second-order valence-corrected chi connectivity index (χ2v) is 4.71. The zero-order chi connectivity index (χ0) is 12.2. The second kappa shape index (κ2) is 5.30. The van der Waals surface area contributed by atoms with E-state index in [1.165, 1.54) is 4.90 Å². The van der Waals surface area contributed by atoms with Gasteiger partial charge in [0.25, 0.3) is 0 Å². The van der Waals surface area contributed by atoms with Gasteiger partial charge in [-0.05, 0) is 26.3 Å². The van der Waals surface area contributed by atoms with Crippen molar-refractivity contribution >= 4 is 11.9 Å². The molecule has 1 unspecified atom stereocenters. The van der Waals surface area contributed by atoms with Crippen LogP contribution in [-0.4, -0.2) is 48.6 Å². The van der Waals surface area contributed by atoms with E-state index in [4.69, 9.17) is 5.11 Å². The highest BCUT2D eigenvalue weighted by molar-refractivity contribution is 5.83.